The van der Waals surface area contributed by atoms with E-state index < -0.39 is 0 Å². The SMILES string of the molecule is C#CC(c1ccccc1)N(C(C)C)C(C)C.CC(C)NC(C)C. The molecular formula is C21H36N2. The van der Waals surface area contributed by atoms with E-state index in [1.807, 2.05) is 18.2 Å². The van der Waals surface area contributed by atoms with Crippen molar-refractivity contribution in [3.8, 4) is 12.3 Å². The van der Waals surface area contributed by atoms with Gasteiger partial charge in [0.2, 0.25) is 0 Å². The van der Waals surface area contributed by atoms with Crippen LogP contribution >= 0.6 is 0 Å². The van der Waals surface area contributed by atoms with Crippen molar-refractivity contribution < 1.29 is 0 Å². The molecule has 1 aromatic carbocycles. The predicted molar refractivity (Wildman–Crippen MR) is 104 cm³/mol. The monoisotopic (exact) mass is 316 g/mol. The van der Waals surface area contributed by atoms with Crippen LogP contribution in [0.15, 0.2) is 30.3 Å². The summed E-state index contributed by atoms with van der Waals surface area (Å²) in [6.45, 7) is 17.4. The lowest BCUT2D eigenvalue weighted by Crippen LogP contribution is -2.39. The molecule has 23 heavy (non-hydrogen) atoms. The van der Waals surface area contributed by atoms with Gasteiger partial charge in [0.25, 0.3) is 0 Å². The summed E-state index contributed by atoms with van der Waals surface area (Å²) in [5.74, 6) is 2.91. The summed E-state index contributed by atoms with van der Waals surface area (Å²) in [7, 11) is 0. The Morgan fingerprint density at radius 2 is 1.26 bits per heavy atom. The highest BCUT2D eigenvalue weighted by atomic mass is 15.2. The van der Waals surface area contributed by atoms with E-state index in [4.69, 9.17) is 6.42 Å². The molecule has 0 aromatic heterocycles. The average Bonchev–Trinajstić information content (AvgIpc) is 2.43. The second kappa shape index (κ2) is 11.3. The lowest BCUT2D eigenvalue weighted by Gasteiger charge is -2.35. The van der Waals surface area contributed by atoms with Crippen LogP contribution in [0.2, 0.25) is 0 Å². The Kier molecular flexibility index (Phi) is 10.6. The highest BCUT2D eigenvalue weighted by molar-refractivity contribution is 5.26. The Bertz CT molecular complexity index is 427. The van der Waals surface area contributed by atoms with Crippen molar-refractivity contribution in [2.24, 2.45) is 0 Å². The quantitative estimate of drug-likeness (QED) is 0.753. The van der Waals surface area contributed by atoms with Crippen LogP contribution in [0.3, 0.4) is 0 Å². The minimum Gasteiger partial charge on any atom is -0.312 e. The molecule has 130 valence electrons. The Balaban J connectivity index is 0.000000585. The Morgan fingerprint density at radius 1 is 0.826 bits per heavy atom. The maximum Gasteiger partial charge on any atom is 0.0972 e. The summed E-state index contributed by atoms with van der Waals surface area (Å²) < 4.78 is 0. The number of terminal acetylenes is 1. The molecule has 0 aliphatic carbocycles. The first-order chi connectivity index (χ1) is 10.7. The highest BCUT2D eigenvalue weighted by Crippen LogP contribution is 2.24. The van der Waals surface area contributed by atoms with Crippen LogP contribution in [0, 0.1) is 12.3 Å². The fourth-order valence-electron chi connectivity index (χ4n) is 2.85. The molecule has 0 fully saturated rings. The number of benzene rings is 1. The van der Waals surface area contributed by atoms with E-state index in [0.717, 1.165) is 0 Å². The Labute approximate surface area is 144 Å². The predicted octanol–water partition coefficient (Wildman–Crippen LogP) is 4.87. The second-order valence-corrected chi connectivity index (χ2v) is 7.09. The molecule has 1 N–H and O–H groups in total. The minimum atomic E-state index is 0.0706. The van der Waals surface area contributed by atoms with E-state index in [-0.39, 0.29) is 6.04 Å². The van der Waals surface area contributed by atoms with E-state index in [1.165, 1.54) is 5.56 Å². The molecule has 0 radical (unpaired) electrons. The zero-order valence-electron chi connectivity index (χ0n) is 16.3. The van der Waals surface area contributed by atoms with Crippen LogP contribution in [0.5, 0.6) is 0 Å². The summed E-state index contributed by atoms with van der Waals surface area (Å²) in [4.78, 5) is 2.36. The van der Waals surface area contributed by atoms with Gasteiger partial charge in [-0.3, -0.25) is 4.90 Å². The van der Waals surface area contributed by atoms with Gasteiger partial charge in [0.15, 0.2) is 0 Å². The molecule has 0 aliphatic heterocycles. The van der Waals surface area contributed by atoms with Crippen molar-refractivity contribution in [2.75, 3.05) is 0 Å². The molecule has 1 aromatic rings. The molecule has 0 bridgehead atoms. The van der Waals surface area contributed by atoms with Gasteiger partial charge in [-0.15, -0.1) is 6.42 Å². The van der Waals surface area contributed by atoms with E-state index in [2.05, 4.69) is 83.7 Å². The van der Waals surface area contributed by atoms with Crippen molar-refractivity contribution >= 4 is 0 Å². The molecule has 0 amide bonds. The third kappa shape index (κ3) is 8.79. The number of hydrogen-bond donors (Lipinski definition) is 1. The molecule has 1 unspecified atom stereocenters. The summed E-state index contributed by atoms with van der Waals surface area (Å²) in [6.07, 6.45) is 5.69. The van der Waals surface area contributed by atoms with Gasteiger partial charge in [-0.25, -0.2) is 0 Å². The summed E-state index contributed by atoms with van der Waals surface area (Å²) in [5, 5.41) is 3.31. The molecular weight excluding hydrogens is 280 g/mol. The van der Waals surface area contributed by atoms with Gasteiger partial charge in [0.05, 0.1) is 6.04 Å². The molecule has 1 rings (SSSR count). The zero-order chi connectivity index (χ0) is 18.0. The molecule has 0 saturated heterocycles. The van der Waals surface area contributed by atoms with Crippen LogP contribution < -0.4 is 5.32 Å². The topological polar surface area (TPSA) is 15.3 Å². The van der Waals surface area contributed by atoms with Crippen molar-refractivity contribution in [3.63, 3.8) is 0 Å². The maximum absolute atomic E-state index is 5.69. The van der Waals surface area contributed by atoms with E-state index in [9.17, 15) is 0 Å². The van der Waals surface area contributed by atoms with Gasteiger partial charge in [-0.1, -0.05) is 63.9 Å². The average molecular weight is 317 g/mol. The van der Waals surface area contributed by atoms with Crippen LogP contribution in [0.1, 0.15) is 67.0 Å². The van der Waals surface area contributed by atoms with Gasteiger partial charge < -0.3 is 5.32 Å². The van der Waals surface area contributed by atoms with E-state index in [0.29, 0.717) is 24.2 Å². The molecule has 1 atom stereocenters. The van der Waals surface area contributed by atoms with Crippen LogP contribution in [0.25, 0.3) is 0 Å². The summed E-state index contributed by atoms with van der Waals surface area (Å²) >= 11 is 0. The molecule has 2 heteroatoms. The first-order valence-electron chi connectivity index (χ1n) is 8.75. The smallest absolute Gasteiger partial charge is 0.0972 e. The lowest BCUT2D eigenvalue weighted by molar-refractivity contribution is 0.144. The second-order valence-electron chi connectivity index (χ2n) is 7.09. The first-order valence-corrected chi connectivity index (χ1v) is 8.75. The minimum absolute atomic E-state index is 0.0706. The zero-order valence-corrected chi connectivity index (χ0v) is 16.3. The number of rotatable bonds is 6. The normalized spacial score (nSPS) is 12.5. The maximum atomic E-state index is 5.69. The van der Waals surface area contributed by atoms with Gasteiger partial charge in [0, 0.05) is 24.2 Å². The van der Waals surface area contributed by atoms with Crippen molar-refractivity contribution in [1.29, 1.82) is 0 Å². The third-order valence-electron chi connectivity index (χ3n) is 3.43. The van der Waals surface area contributed by atoms with Gasteiger partial charge in [-0.05, 0) is 33.3 Å². The fraction of sp³-hybridized carbons (Fsp3) is 0.619. The molecule has 0 saturated carbocycles. The standard InChI is InChI=1S/C15H21N.C6H15N/c1-6-15(14-10-8-7-9-11-14)16(12(2)3)13(4)5;1-5(2)7-6(3)4/h1,7-13,15H,2-5H3;5-7H,1-4H3. The van der Waals surface area contributed by atoms with Gasteiger partial charge in [0.1, 0.15) is 0 Å². The molecule has 0 spiro atoms. The van der Waals surface area contributed by atoms with Crippen LogP contribution in [-0.4, -0.2) is 29.1 Å². The fourth-order valence-corrected chi connectivity index (χ4v) is 2.85. The summed E-state index contributed by atoms with van der Waals surface area (Å²) in [5.41, 5.74) is 1.20. The first kappa shape index (κ1) is 21.7. The Morgan fingerprint density at radius 3 is 1.52 bits per heavy atom. The number of nitrogens with one attached hydrogen (secondary N) is 1. The molecule has 0 aliphatic rings. The summed E-state index contributed by atoms with van der Waals surface area (Å²) in [6, 6.07) is 12.5. The molecule has 2 nitrogen and oxygen atoms in total. The van der Waals surface area contributed by atoms with E-state index >= 15 is 0 Å². The Hall–Kier alpha value is -1.30. The molecule has 0 heterocycles. The number of nitrogens with zero attached hydrogens (tertiary/aromatic N) is 1. The van der Waals surface area contributed by atoms with Gasteiger partial charge >= 0.3 is 0 Å². The third-order valence-corrected chi connectivity index (χ3v) is 3.43. The van der Waals surface area contributed by atoms with Crippen LogP contribution in [0.4, 0.5) is 0 Å². The van der Waals surface area contributed by atoms with Crippen molar-refractivity contribution in [3.05, 3.63) is 35.9 Å². The van der Waals surface area contributed by atoms with Crippen molar-refractivity contribution in [1.82, 2.24) is 10.2 Å². The van der Waals surface area contributed by atoms with Crippen molar-refractivity contribution in [2.45, 2.75) is 85.6 Å². The largest absolute Gasteiger partial charge is 0.312 e. The lowest BCUT2D eigenvalue weighted by atomic mass is 10.0. The van der Waals surface area contributed by atoms with Gasteiger partial charge in [-0.2, -0.15) is 0 Å². The van der Waals surface area contributed by atoms with Crippen LogP contribution in [-0.2, 0) is 0 Å². The van der Waals surface area contributed by atoms with E-state index in [1.54, 1.807) is 0 Å². The number of hydrogen-bond acceptors (Lipinski definition) is 2. The highest BCUT2D eigenvalue weighted by Gasteiger charge is 2.23.